The number of para-hydroxylation sites is 2. The third-order valence-corrected chi connectivity index (χ3v) is 8.26. The van der Waals surface area contributed by atoms with Crippen LogP contribution in [0, 0.1) is 0 Å². The molecule has 3 aromatic carbocycles. The van der Waals surface area contributed by atoms with E-state index in [-0.39, 0.29) is 23.3 Å². The molecule has 0 aliphatic carbocycles. The summed E-state index contributed by atoms with van der Waals surface area (Å²) < 4.78 is 5.44. The maximum absolute atomic E-state index is 14.3. The molecule has 0 atom stereocenters. The van der Waals surface area contributed by atoms with Crippen LogP contribution in [0.15, 0.2) is 77.1 Å². The molecule has 1 heterocycles. The fourth-order valence-electron chi connectivity index (χ4n) is 5.97. The van der Waals surface area contributed by atoms with E-state index in [0.29, 0.717) is 28.1 Å². The molecule has 0 saturated heterocycles. The summed E-state index contributed by atoms with van der Waals surface area (Å²) in [6.07, 6.45) is 3.06. The number of rotatable bonds is 10. The van der Waals surface area contributed by atoms with Crippen LogP contribution in [-0.4, -0.2) is 24.0 Å². The van der Waals surface area contributed by atoms with Crippen molar-refractivity contribution in [2.24, 2.45) is 0 Å². The van der Waals surface area contributed by atoms with Crippen LogP contribution in [0.25, 0.3) is 0 Å². The highest BCUT2D eigenvalue weighted by atomic mass is 16.5. The number of phenolic OH excluding ortho intramolecular Hbond substituents is 1. The predicted molar refractivity (Wildman–Crippen MR) is 174 cm³/mol. The SMILES string of the molecule is CCc1cccc(CC)c1NC(=O)C1=C(C)NC(C)=C(C(=O)Nc2c(CC)cccc2CC)C1c1ccc(O)c(OC)c1. The molecule has 1 aliphatic rings. The van der Waals surface area contributed by atoms with Crippen molar-refractivity contribution in [1.29, 1.82) is 0 Å². The smallest absolute Gasteiger partial charge is 0.254 e. The predicted octanol–water partition coefficient (Wildman–Crippen LogP) is 7.16. The van der Waals surface area contributed by atoms with Crippen LogP contribution in [-0.2, 0) is 35.3 Å². The zero-order valence-corrected chi connectivity index (χ0v) is 26.3. The quantitative estimate of drug-likeness (QED) is 0.204. The van der Waals surface area contributed by atoms with Gasteiger partial charge in [-0.3, -0.25) is 9.59 Å². The van der Waals surface area contributed by atoms with Gasteiger partial charge in [-0.1, -0.05) is 70.2 Å². The highest BCUT2D eigenvalue weighted by Crippen LogP contribution is 2.42. The molecule has 2 amide bonds. The van der Waals surface area contributed by atoms with Gasteiger partial charge in [0, 0.05) is 39.8 Å². The van der Waals surface area contributed by atoms with Crippen molar-refractivity contribution >= 4 is 23.2 Å². The molecule has 7 heteroatoms. The number of hydrogen-bond acceptors (Lipinski definition) is 5. The average Bonchev–Trinajstić information content (AvgIpc) is 3.00. The molecule has 7 nitrogen and oxygen atoms in total. The largest absolute Gasteiger partial charge is 0.504 e. The molecule has 4 rings (SSSR count). The standard InChI is InChI=1S/C36H43N3O4/c1-8-23-14-12-15-24(9-2)33(23)38-35(41)30-21(5)37-22(6)31(32(30)27-18-19-28(40)29(20-27)43-7)36(42)39-34-25(10-3)16-13-17-26(34)11-4/h12-20,32,37,40H,8-11H2,1-7H3,(H,38,41)(H,39,42). The summed E-state index contributed by atoms with van der Waals surface area (Å²) in [5.74, 6) is -1.07. The summed E-state index contributed by atoms with van der Waals surface area (Å²) in [5.41, 5.74) is 8.61. The second kappa shape index (κ2) is 13.6. The number of anilines is 2. The van der Waals surface area contributed by atoms with E-state index in [9.17, 15) is 14.7 Å². The van der Waals surface area contributed by atoms with Crippen LogP contribution in [0.5, 0.6) is 11.5 Å². The van der Waals surface area contributed by atoms with Crippen LogP contribution < -0.4 is 20.7 Å². The molecule has 1 aliphatic heterocycles. The van der Waals surface area contributed by atoms with E-state index in [1.54, 1.807) is 12.1 Å². The maximum Gasteiger partial charge on any atom is 0.254 e. The molecule has 0 aromatic heterocycles. The summed E-state index contributed by atoms with van der Waals surface area (Å²) in [6, 6.07) is 17.1. The average molecular weight is 582 g/mol. The minimum Gasteiger partial charge on any atom is -0.504 e. The number of carbonyl (C=O) groups is 2. The molecular weight excluding hydrogens is 538 g/mol. The number of dihydropyridines is 1. The zero-order valence-electron chi connectivity index (χ0n) is 26.3. The lowest BCUT2D eigenvalue weighted by Gasteiger charge is -2.32. The van der Waals surface area contributed by atoms with Crippen molar-refractivity contribution in [3.63, 3.8) is 0 Å². The summed E-state index contributed by atoms with van der Waals surface area (Å²) >= 11 is 0. The third kappa shape index (κ3) is 6.31. The number of allylic oxidation sites excluding steroid dienone is 2. The monoisotopic (exact) mass is 581 g/mol. The highest BCUT2D eigenvalue weighted by Gasteiger charge is 2.37. The maximum atomic E-state index is 14.3. The van der Waals surface area contributed by atoms with Gasteiger partial charge < -0.3 is 25.8 Å². The Morgan fingerprint density at radius 1 is 0.744 bits per heavy atom. The molecule has 0 saturated carbocycles. The van der Waals surface area contributed by atoms with Crippen LogP contribution >= 0.6 is 0 Å². The number of hydrogen-bond donors (Lipinski definition) is 4. The fraction of sp³-hybridized carbons (Fsp3) is 0.333. The van der Waals surface area contributed by atoms with E-state index in [1.165, 1.54) is 13.2 Å². The molecule has 226 valence electrons. The van der Waals surface area contributed by atoms with Crippen molar-refractivity contribution in [2.45, 2.75) is 73.1 Å². The Morgan fingerprint density at radius 2 is 1.16 bits per heavy atom. The van der Waals surface area contributed by atoms with Gasteiger partial charge in [0.25, 0.3) is 11.8 Å². The Balaban J connectivity index is 1.86. The summed E-state index contributed by atoms with van der Waals surface area (Å²) in [4.78, 5) is 28.6. The zero-order chi connectivity index (χ0) is 31.3. The van der Waals surface area contributed by atoms with Crippen LogP contribution in [0.2, 0.25) is 0 Å². The first kappa shape index (κ1) is 31.4. The topological polar surface area (TPSA) is 99.7 Å². The molecule has 0 radical (unpaired) electrons. The molecule has 0 bridgehead atoms. The Labute approximate surface area is 255 Å². The number of ether oxygens (including phenoxy) is 1. The molecule has 4 N–H and O–H groups in total. The van der Waals surface area contributed by atoms with Crippen molar-refractivity contribution in [3.05, 3.63) is 105 Å². The van der Waals surface area contributed by atoms with Crippen molar-refractivity contribution in [3.8, 4) is 11.5 Å². The number of carbonyl (C=O) groups excluding carboxylic acids is 2. The number of benzene rings is 3. The number of aromatic hydroxyl groups is 1. The Bertz CT molecular complexity index is 1470. The molecule has 3 aromatic rings. The van der Waals surface area contributed by atoms with Gasteiger partial charge in [0.15, 0.2) is 11.5 Å². The Morgan fingerprint density at radius 3 is 1.53 bits per heavy atom. The van der Waals surface area contributed by atoms with E-state index < -0.39 is 5.92 Å². The summed E-state index contributed by atoms with van der Waals surface area (Å²) in [7, 11) is 1.48. The first-order valence-corrected chi connectivity index (χ1v) is 15.1. The lowest BCUT2D eigenvalue weighted by molar-refractivity contribution is -0.113. The number of nitrogens with one attached hydrogen (secondary N) is 3. The number of phenols is 1. The molecule has 0 fully saturated rings. The first-order chi connectivity index (χ1) is 20.7. The summed E-state index contributed by atoms with van der Waals surface area (Å²) in [6.45, 7) is 12.0. The normalized spacial score (nSPS) is 13.6. The van der Waals surface area contributed by atoms with Gasteiger partial charge in [-0.05, 0) is 79.5 Å². The van der Waals surface area contributed by atoms with E-state index >= 15 is 0 Å². The van der Waals surface area contributed by atoms with Gasteiger partial charge in [-0.25, -0.2) is 0 Å². The van der Waals surface area contributed by atoms with Gasteiger partial charge in [0.2, 0.25) is 0 Å². The number of amides is 2. The van der Waals surface area contributed by atoms with Gasteiger partial charge in [-0.15, -0.1) is 0 Å². The van der Waals surface area contributed by atoms with Crippen LogP contribution in [0.3, 0.4) is 0 Å². The molecule has 43 heavy (non-hydrogen) atoms. The number of methoxy groups -OCH3 is 1. The van der Waals surface area contributed by atoms with Gasteiger partial charge in [0.05, 0.1) is 7.11 Å². The second-order valence-electron chi connectivity index (χ2n) is 10.8. The minimum absolute atomic E-state index is 0.0208. The minimum atomic E-state index is -0.728. The molecule has 0 spiro atoms. The Kier molecular flexibility index (Phi) is 9.96. The molecular formula is C36H43N3O4. The van der Waals surface area contributed by atoms with Crippen molar-refractivity contribution in [1.82, 2.24) is 5.32 Å². The van der Waals surface area contributed by atoms with Gasteiger partial charge in [0.1, 0.15) is 0 Å². The lowest BCUT2D eigenvalue weighted by Crippen LogP contribution is -2.35. The second-order valence-corrected chi connectivity index (χ2v) is 10.8. The van der Waals surface area contributed by atoms with Crippen molar-refractivity contribution < 1.29 is 19.4 Å². The number of aryl methyl sites for hydroxylation is 4. The van der Waals surface area contributed by atoms with E-state index in [4.69, 9.17) is 4.74 Å². The van der Waals surface area contributed by atoms with Gasteiger partial charge >= 0.3 is 0 Å². The van der Waals surface area contributed by atoms with E-state index in [1.807, 2.05) is 50.2 Å². The highest BCUT2D eigenvalue weighted by molar-refractivity contribution is 6.12. The first-order valence-electron chi connectivity index (χ1n) is 15.1. The van der Waals surface area contributed by atoms with Crippen molar-refractivity contribution in [2.75, 3.05) is 17.7 Å². The van der Waals surface area contributed by atoms with Crippen LogP contribution in [0.4, 0.5) is 11.4 Å². The van der Waals surface area contributed by atoms with E-state index in [2.05, 4.69) is 43.6 Å². The fourth-order valence-corrected chi connectivity index (χ4v) is 5.97. The Hall–Kier alpha value is -4.52. The molecule has 0 unspecified atom stereocenters. The van der Waals surface area contributed by atoms with Crippen LogP contribution in [0.1, 0.15) is 75.3 Å². The third-order valence-electron chi connectivity index (χ3n) is 8.26. The lowest BCUT2D eigenvalue weighted by atomic mass is 9.79. The van der Waals surface area contributed by atoms with Gasteiger partial charge in [-0.2, -0.15) is 0 Å². The van der Waals surface area contributed by atoms with E-state index in [0.717, 1.165) is 59.3 Å². The summed E-state index contributed by atoms with van der Waals surface area (Å²) in [5, 5.41) is 20.1.